The third kappa shape index (κ3) is 4.09. The largest absolute Gasteiger partial charge is 0.457 e. The number of rotatable bonds is 5. The molecule has 1 rings (SSSR count). The fraction of sp³-hybridized carbons (Fsp3) is 0.588. The second-order valence-electron chi connectivity index (χ2n) is 6.22. The molecule has 0 saturated carbocycles. The minimum atomic E-state index is -0.419. The van der Waals surface area contributed by atoms with Gasteiger partial charge in [-0.3, -0.25) is 4.79 Å². The van der Waals surface area contributed by atoms with Crippen LogP contribution in [0.25, 0.3) is 0 Å². The molecule has 2 nitrogen and oxygen atoms in total. The molecule has 1 unspecified atom stereocenters. The van der Waals surface area contributed by atoms with Crippen LogP contribution in [-0.4, -0.2) is 5.97 Å². The molecule has 0 saturated heterocycles. The number of benzene rings is 1. The molecule has 0 bridgehead atoms. The summed E-state index contributed by atoms with van der Waals surface area (Å²) in [6.45, 7) is 12.1. The van der Waals surface area contributed by atoms with Crippen molar-refractivity contribution in [2.24, 2.45) is 11.3 Å². The molecule has 0 fully saturated rings. The lowest BCUT2D eigenvalue weighted by Gasteiger charge is -2.27. The molecule has 0 spiro atoms. The van der Waals surface area contributed by atoms with Crippen LogP contribution >= 0.6 is 0 Å². The van der Waals surface area contributed by atoms with Crippen LogP contribution in [0, 0.1) is 18.3 Å². The minimum Gasteiger partial charge on any atom is -0.457 e. The van der Waals surface area contributed by atoms with E-state index in [2.05, 4.69) is 32.9 Å². The lowest BCUT2D eigenvalue weighted by atomic mass is 9.90. The zero-order valence-corrected chi connectivity index (χ0v) is 13.0. The van der Waals surface area contributed by atoms with E-state index in [0.29, 0.717) is 0 Å². The van der Waals surface area contributed by atoms with Crippen molar-refractivity contribution in [1.29, 1.82) is 0 Å². The molecule has 0 aliphatic carbocycles. The highest BCUT2D eigenvalue weighted by atomic mass is 16.5. The molecule has 2 heteroatoms. The molecular formula is C17H26O2. The topological polar surface area (TPSA) is 26.3 Å². The summed E-state index contributed by atoms with van der Waals surface area (Å²) in [5, 5.41) is 0. The van der Waals surface area contributed by atoms with Gasteiger partial charge in [-0.25, -0.2) is 0 Å². The first-order valence-electron chi connectivity index (χ1n) is 7.05. The molecule has 1 aromatic rings. The van der Waals surface area contributed by atoms with Gasteiger partial charge in [-0.1, -0.05) is 50.6 Å². The summed E-state index contributed by atoms with van der Waals surface area (Å²) in [4.78, 5) is 12.2. The van der Waals surface area contributed by atoms with E-state index >= 15 is 0 Å². The van der Waals surface area contributed by atoms with Crippen molar-refractivity contribution in [2.75, 3.05) is 0 Å². The summed E-state index contributed by atoms with van der Waals surface area (Å²) < 4.78 is 5.75. The Kier molecular flexibility index (Phi) is 5.16. The van der Waals surface area contributed by atoms with E-state index in [0.717, 1.165) is 12.0 Å². The highest BCUT2D eigenvalue weighted by molar-refractivity contribution is 5.76. The molecule has 0 N–H and O–H groups in total. The van der Waals surface area contributed by atoms with E-state index < -0.39 is 5.41 Å². The van der Waals surface area contributed by atoms with Gasteiger partial charge >= 0.3 is 5.97 Å². The molecule has 0 radical (unpaired) electrons. The van der Waals surface area contributed by atoms with E-state index in [9.17, 15) is 4.79 Å². The van der Waals surface area contributed by atoms with Gasteiger partial charge in [0.05, 0.1) is 5.41 Å². The number of hydrogen-bond acceptors (Lipinski definition) is 2. The highest BCUT2D eigenvalue weighted by Crippen LogP contribution is 2.31. The van der Waals surface area contributed by atoms with Crippen molar-refractivity contribution in [3.63, 3.8) is 0 Å². The first-order valence-corrected chi connectivity index (χ1v) is 7.05. The van der Waals surface area contributed by atoms with Gasteiger partial charge < -0.3 is 4.74 Å². The molecule has 0 amide bonds. The molecule has 0 aromatic heterocycles. The standard InChI is InChI=1S/C17H26O2/c1-7-17(5,6)16(18)19-15(12(2)3)14-10-8-13(4)9-11-14/h8-12,15H,7H2,1-6H3. The van der Waals surface area contributed by atoms with Gasteiger partial charge in [-0.15, -0.1) is 0 Å². The van der Waals surface area contributed by atoms with Gasteiger partial charge in [0.1, 0.15) is 6.10 Å². The average molecular weight is 262 g/mol. The van der Waals surface area contributed by atoms with Crippen molar-refractivity contribution >= 4 is 5.97 Å². The van der Waals surface area contributed by atoms with Crippen molar-refractivity contribution in [3.05, 3.63) is 35.4 Å². The van der Waals surface area contributed by atoms with E-state index in [1.807, 2.05) is 32.9 Å². The second-order valence-corrected chi connectivity index (χ2v) is 6.22. The van der Waals surface area contributed by atoms with Crippen LogP contribution in [-0.2, 0) is 9.53 Å². The predicted octanol–water partition coefficient (Wildman–Crippen LogP) is 4.67. The molecule has 0 aliphatic heterocycles. The van der Waals surface area contributed by atoms with E-state index in [1.165, 1.54) is 5.56 Å². The van der Waals surface area contributed by atoms with Crippen molar-refractivity contribution in [1.82, 2.24) is 0 Å². The summed E-state index contributed by atoms with van der Waals surface area (Å²) >= 11 is 0. The van der Waals surface area contributed by atoms with Gasteiger partial charge in [0.2, 0.25) is 0 Å². The Hall–Kier alpha value is -1.31. The van der Waals surface area contributed by atoms with E-state index in [-0.39, 0.29) is 18.0 Å². The van der Waals surface area contributed by atoms with Gasteiger partial charge in [0, 0.05) is 0 Å². The predicted molar refractivity (Wildman–Crippen MR) is 78.9 cm³/mol. The molecule has 0 heterocycles. The van der Waals surface area contributed by atoms with Crippen LogP contribution in [0.3, 0.4) is 0 Å². The number of aryl methyl sites for hydroxylation is 1. The summed E-state index contributed by atoms with van der Waals surface area (Å²) in [5.74, 6) is 0.147. The summed E-state index contributed by atoms with van der Waals surface area (Å²) in [6, 6.07) is 8.21. The maximum Gasteiger partial charge on any atom is 0.312 e. The number of carbonyl (C=O) groups excluding carboxylic acids is 1. The minimum absolute atomic E-state index is 0.116. The van der Waals surface area contributed by atoms with Crippen LogP contribution in [0.4, 0.5) is 0 Å². The fourth-order valence-electron chi connectivity index (χ4n) is 1.76. The molecule has 19 heavy (non-hydrogen) atoms. The zero-order chi connectivity index (χ0) is 14.6. The Morgan fingerprint density at radius 1 is 1.21 bits per heavy atom. The third-order valence-electron chi connectivity index (χ3n) is 3.68. The molecule has 1 atom stereocenters. The zero-order valence-electron chi connectivity index (χ0n) is 13.0. The first kappa shape index (κ1) is 15.7. The third-order valence-corrected chi connectivity index (χ3v) is 3.68. The molecular weight excluding hydrogens is 236 g/mol. The SMILES string of the molecule is CCC(C)(C)C(=O)OC(c1ccc(C)cc1)C(C)C. The lowest BCUT2D eigenvalue weighted by Crippen LogP contribution is -2.28. The van der Waals surface area contributed by atoms with Gasteiger partial charge in [-0.2, -0.15) is 0 Å². The highest BCUT2D eigenvalue weighted by Gasteiger charge is 2.31. The second kappa shape index (κ2) is 6.23. The number of carbonyl (C=O) groups is 1. The monoisotopic (exact) mass is 262 g/mol. The summed E-state index contributed by atoms with van der Waals surface area (Å²) in [7, 11) is 0. The summed E-state index contributed by atoms with van der Waals surface area (Å²) in [6.07, 6.45) is 0.615. The number of hydrogen-bond donors (Lipinski definition) is 0. The summed E-state index contributed by atoms with van der Waals surface area (Å²) in [5.41, 5.74) is 1.87. The van der Waals surface area contributed by atoms with Crippen LogP contribution in [0.5, 0.6) is 0 Å². The number of esters is 1. The van der Waals surface area contributed by atoms with E-state index in [1.54, 1.807) is 0 Å². The Morgan fingerprint density at radius 3 is 2.16 bits per heavy atom. The maximum absolute atomic E-state index is 12.2. The Bertz CT molecular complexity index is 415. The van der Waals surface area contributed by atoms with Gasteiger partial charge in [0.25, 0.3) is 0 Å². The molecule has 0 aliphatic rings. The average Bonchev–Trinajstić information content (AvgIpc) is 2.36. The quantitative estimate of drug-likeness (QED) is 0.721. The Labute approximate surface area is 117 Å². The Morgan fingerprint density at radius 2 is 1.74 bits per heavy atom. The molecule has 1 aromatic carbocycles. The van der Waals surface area contributed by atoms with Crippen LogP contribution < -0.4 is 0 Å². The van der Waals surface area contributed by atoms with Crippen molar-refractivity contribution in [3.8, 4) is 0 Å². The smallest absolute Gasteiger partial charge is 0.312 e. The van der Waals surface area contributed by atoms with Crippen LogP contribution in [0.15, 0.2) is 24.3 Å². The van der Waals surface area contributed by atoms with Crippen LogP contribution in [0.2, 0.25) is 0 Å². The van der Waals surface area contributed by atoms with Crippen molar-refractivity contribution in [2.45, 2.75) is 54.1 Å². The number of ether oxygens (including phenoxy) is 1. The fourth-order valence-corrected chi connectivity index (χ4v) is 1.76. The normalized spacial score (nSPS) is 13.4. The van der Waals surface area contributed by atoms with Gasteiger partial charge in [0.15, 0.2) is 0 Å². The van der Waals surface area contributed by atoms with E-state index in [4.69, 9.17) is 4.74 Å². The maximum atomic E-state index is 12.2. The van der Waals surface area contributed by atoms with Crippen molar-refractivity contribution < 1.29 is 9.53 Å². The van der Waals surface area contributed by atoms with Gasteiger partial charge in [-0.05, 0) is 38.7 Å². The lowest BCUT2D eigenvalue weighted by molar-refractivity contribution is -0.162. The Balaban J connectivity index is 2.91. The first-order chi connectivity index (χ1) is 8.77. The van der Waals surface area contributed by atoms with Crippen LogP contribution in [0.1, 0.15) is 58.3 Å². The molecule has 106 valence electrons.